The van der Waals surface area contributed by atoms with Gasteiger partial charge in [0, 0.05) is 29.1 Å². The number of rotatable bonds is 4. The third-order valence-corrected chi connectivity index (χ3v) is 6.16. The predicted octanol–water partition coefficient (Wildman–Crippen LogP) is 9.10. The Labute approximate surface area is 230 Å². The zero-order valence-electron chi connectivity index (χ0n) is 20.9. The first kappa shape index (κ1) is 28.7. The number of fused-ring (bicyclic) bond motifs is 2. The Bertz CT molecular complexity index is 1940. The number of alkyl halides is 5. The van der Waals surface area contributed by atoms with Gasteiger partial charge in [0.15, 0.2) is 5.82 Å². The number of pyridine rings is 1. The van der Waals surface area contributed by atoms with Crippen LogP contribution in [0.25, 0.3) is 32.8 Å². The van der Waals surface area contributed by atoms with Crippen LogP contribution in [0.4, 0.5) is 43.9 Å². The number of benzene rings is 4. The van der Waals surface area contributed by atoms with E-state index >= 15 is 13.2 Å². The van der Waals surface area contributed by atoms with Gasteiger partial charge in [-0.05, 0) is 53.6 Å². The van der Waals surface area contributed by atoms with Gasteiger partial charge in [0.2, 0.25) is 0 Å². The monoisotopic (exact) mass is 593 g/mol. The lowest BCUT2D eigenvalue weighted by Gasteiger charge is -2.21. The Morgan fingerprint density at radius 1 is 0.738 bits per heavy atom. The quantitative estimate of drug-likeness (QED) is 0.153. The molecule has 0 atom stereocenters. The van der Waals surface area contributed by atoms with Gasteiger partial charge in [0.25, 0.3) is 0 Å². The Morgan fingerprint density at radius 3 is 2.12 bits per heavy atom. The molecular weight excluding hydrogens is 580 g/mol. The van der Waals surface area contributed by atoms with Crippen LogP contribution < -0.4 is 4.74 Å². The number of aryl methyl sites for hydroxylation is 1. The summed E-state index contributed by atoms with van der Waals surface area (Å²) in [4.78, 5) is 4.21. The molecule has 0 aliphatic heterocycles. The number of ether oxygens (including phenoxy) is 1. The average Bonchev–Trinajstić information content (AvgIpc) is 2.87. The van der Waals surface area contributed by atoms with Crippen molar-refractivity contribution in [1.29, 1.82) is 0 Å². The molecule has 0 radical (unpaired) electrons. The van der Waals surface area contributed by atoms with Crippen LogP contribution in [0.3, 0.4) is 0 Å². The Hall–Kier alpha value is -4.79. The molecule has 12 heteroatoms. The summed E-state index contributed by atoms with van der Waals surface area (Å²) >= 11 is 0. The molecule has 2 nitrogen and oxygen atoms in total. The zero-order chi connectivity index (χ0) is 30.6. The number of nitrogens with zero attached hydrogens (tertiary/aromatic N) is 1. The second kappa shape index (κ2) is 10.2. The van der Waals surface area contributed by atoms with E-state index in [2.05, 4.69) is 9.72 Å². The van der Waals surface area contributed by atoms with E-state index in [9.17, 15) is 30.7 Å². The summed E-state index contributed by atoms with van der Waals surface area (Å²) in [5.41, 5.74) is -1.43. The lowest BCUT2D eigenvalue weighted by Crippen LogP contribution is -2.25. The highest BCUT2D eigenvalue weighted by Gasteiger charge is 2.42. The Morgan fingerprint density at radius 2 is 1.45 bits per heavy atom. The SMILES string of the molecule is Cc1ccc(-c2ccc3c(F)c(C(F)(F)Oc4cc(F)c5c(F)c(C#CC(F)(F)F)c(F)cc5c4)c(F)cc3c2)nc1. The molecule has 0 aliphatic carbocycles. The van der Waals surface area contributed by atoms with Crippen molar-refractivity contribution in [3.8, 4) is 28.8 Å². The fourth-order valence-corrected chi connectivity index (χ4v) is 4.29. The van der Waals surface area contributed by atoms with E-state index in [1.165, 1.54) is 18.1 Å². The summed E-state index contributed by atoms with van der Waals surface area (Å²) in [6.45, 7) is 1.81. The summed E-state index contributed by atoms with van der Waals surface area (Å²) in [6.07, 6.45) is -8.29. The summed E-state index contributed by atoms with van der Waals surface area (Å²) in [6, 6.07) is 9.03. The molecule has 5 rings (SSSR count). The number of halogens is 10. The Balaban J connectivity index is 1.54. The van der Waals surface area contributed by atoms with Crippen molar-refractivity contribution >= 4 is 21.5 Å². The average molecular weight is 593 g/mol. The number of hydrogen-bond donors (Lipinski definition) is 0. The van der Waals surface area contributed by atoms with E-state index in [4.69, 9.17) is 0 Å². The van der Waals surface area contributed by atoms with Crippen LogP contribution in [0.1, 0.15) is 16.7 Å². The predicted molar refractivity (Wildman–Crippen MR) is 133 cm³/mol. The van der Waals surface area contributed by atoms with Gasteiger partial charge < -0.3 is 4.74 Å². The molecule has 0 bridgehead atoms. The first-order valence-corrected chi connectivity index (χ1v) is 11.8. The van der Waals surface area contributed by atoms with Crippen molar-refractivity contribution < 1.29 is 48.6 Å². The van der Waals surface area contributed by atoms with Gasteiger partial charge in [-0.2, -0.15) is 22.0 Å². The van der Waals surface area contributed by atoms with E-state index in [-0.39, 0.29) is 11.5 Å². The summed E-state index contributed by atoms with van der Waals surface area (Å²) in [7, 11) is 0. The van der Waals surface area contributed by atoms with Crippen molar-refractivity contribution in [1.82, 2.24) is 4.98 Å². The molecule has 1 aromatic heterocycles. The third kappa shape index (κ3) is 5.42. The molecule has 0 fully saturated rings. The minimum Gasteiger partial charge on any atom is -0.429 e. The molecule has 214 valence electrons. The van der Waals surface area contributed by atoms with Crippen molar-refractivity contribution in [3.63, 3.8) is 0 Å². The fraction of sp³-hybridized carbons (Fsp3) is 0.100. The molecule has 0 aliphatic rings. The maximum Gasteiger partial charge on any atom is 0.458 e. The maximum absolute atomic E-state index is 15.3. The van der Waals surface area contributed by atoms with Crippen molar-refractivity contribution in [2.45, 2.75) is 19.2 Å². The molecular formula is C30H13F10NO. The normalized spacial score (nSPS) is 12.0. The second-order valence-electron chi connectivity index (χ2n) is 9.12. The summed E-state index contributed by atoms with van der Waals surface area (Å²) in [5, 5.41) is -2.27. The van der Waals surface area contributed by atoms with Crippen LogP contribution in [0, 0.1) is 47.9 Å². The molecule has 0 spiro atoms. The molecule has 42 heavy (non-hydrogen) atoms. The molecule has 5 aromatic rings. The van der Waals surface area contributed by atoms with Gasteiger partial charge in [0.05, 0.1) is 16.6 Å². The first-order chi connectivity index (χ1) is 19.6. The first-order valence-electron chi connectivity index (χ1n) is 11.8. The van der Waals surface area contributed by atoms with Crippen molar-refractivity contribution in [2.24, 2.45) is 0 Å². The highest BCUT2D eigenvalue weighted by molar-refractivity contribution is 5.89. The minimum atomic E-state index is -5.11. The largest absolute Gasteiger partial charge is 0.458 e. The topological polar surface area (TPSA) is 22.1 Å². The van der Waals surface area contributed by atoms with Gasteiger partial charge in [-0.25, -0.2) is 22.0 Å². The van der Waals surface area contributed by atoms with E-state index < -0.39 is 74.4 Å². The minimum absolute atomic E-state index is 0.0726. The maximum atomic E-state index is 15.3. The van der Waals surface area contributed by atoms with Crippen LogP contribution in [-0.4, -0.2) is 11.2 Å². The van der Waals surface area contributed by atoms with E-state index in [1.807, 2.05) is 6.92 Å². The number of aromatic nitrogens is 1. The van der Waals surface area contributed by atoms with Crippen LogP contribution in [0.5, 0.6) is 5.75 Å². The molecule has 0 saturated carbocycles. The van der Waals surface area contributed by atoms with Gasteiger partial charge in [-0.3, -0.25) is 4.98 Å². The number of hydrogen-bond acceptors (Lipinski definition) is 2. The van der Waals surface area contributed by atoms with E-state index in [1.54, 1.807) is 18.3 Å². The fourth-order valence-electron chi connectivity index (χ4n) is 4.29. The zero-order valence-corrected chi connectivity index (χ0v) is 20.9. The second-order valence-corrected chi connectivity index (χ2v) is 9.12. The van der Waals surface area contributed by atoms with Crippen molar-refractivity contribution in [3.05, 3.63) is 107 Å². The molecule has 0 saturated heterocycles. The van der Waals surface area contributed by atoms with Gasteiger partial charge in [0.1, 0.15) is 34.6 Å². The van der Waals surface area contributed by atoms with E-state index in [0.29, 0.717) is 35.4 Å². The van der Waals surface area contributed by atoms with Crippen LogP contribution in [-0.2, 0) is 6.11 Å². The lowest BCUT2D eigenvalue weighted by atomic mass is 10.0. The Kier molecular flexibility index (Phi) is 7.00. The van der Waals surface area contributed by atoms with Crippen LogP contribution in [0.2, 0.25) is 0 Å². The van der Waals surface area contributed by atoms with Crippen molar-refractivity contribution in [2.75, 3.05) is 0 Å². The molecule has 0 unspecified atom stereocenters. The van der Waals surface area contributed by atoms with Crippen LogP contribution >= 0.6 is 0 Å². The highest BCUT2D eigenvalue weighted by atomic mass is 19.4. The smallest absolute Gasteiger partial charge is 0.429 e. The molecule has 4 aromatic carbocycles. The van der Waals surface area contributed by atoms with Gasteiger partial charge in [-0.1, -0.05) is 24.1 Å². The van der Waals surface area contributed by atoms with Gasteiger partial charge in [-0.15, -0.1) is 0 Å². The molecule has 0 amide bonds. The lowest BCUT2D eigenvalue weighted by molar-refractivity contribution is -0.189. The van der Waals surface area contributed by atoms with E-state index in [0.717, 1.165) is 11.6 Å². The molecule has 0 N–H and O–H groups in total. The van der Waals surface area contributed by atoms with Crippen LogP contribution in [0.15, 0.2) is 60.8 Å². The van der Waals surface area contributed by atoms with Gasteiger partial charge >= 0.3 is 12.3 Å². The highest BCUT2D eigenvalue weighted by Crippen LogP contribution is 2.40. The molecule has 1 heterocycles. The standard InChI is InChI=1S/C30H13F10NO/c1-14-2-5-24(41-13-14)15-3-4-19-16(8-15)10-23(33)26(28(19)35)30(39,40)42-18-9-17-11-21(31)20(6-7-29(36,37)38)27(34)25(17)22(32)12-18/h2-5,8-13H,1H3. The summed E-state index contributed by atoms with van der Waals surface area (Å²) in [5.74, 6) is -7.69. The third-order valence-electron chi connectivity index (χ3n) is 6.16. The summed E-state index contributed by atoms with van der Waals surface area (Å²) < 4.78 is 146.